The van der Waals surface area contributed by atoms with Crippen molar-refractivity contribution in [1.82, 2.24) is 4.57 Å². The normalized spacial score (nSPS) is 11.2. The lowest BCUT2D eigenvalue weighted by Gasteiger charge is -2.27. The zero-order chi connectivity index (χ0) is 45.2. The summed E-state index contributed by atoms with van der Waals surface area (Å²) in [5, 5.41) is 2.47. The van der Waals surface area contributed by atoms with Crippen LogP contribution in [0.3, 0.4) is 0 Å². The average molecular weight is 867 g/mol. The Morgan fingerprint density at radius 3 is 1.09 bits per heavy atom. The van der Waals surface area contributed by atoms with Crippen molar-refractivity contribution in [3.8, 4) is 72.4 Å². The predicted octanol–water partition coefficient (Wildman–Crippen LogP) is 18.3. The number of para-hydroxylation sites is 2. The van der Waals surface area contributed by atoms with Gasteiger partial charge in [-0.3, -0.25) is 0 Å². The van der Waals surface area contributed by atoms with Gasteiger partial charge < -0.3 is 9.47 Å². The van der Waals surface area contributed by atoms with Gasteiger partial charge in [-0.2, -0.15) is 0 Å². The van der Waals surface area contributed by atoms with Crippen LogP contribution in [0.1, 0.15) is 0 Å². The number of fused-ring (bicyclic) bond motifs is 3. The van der Waals surface area contributed by atoms with Crippen molar-refractivity contribution >= 4 is 38.9 Å². The summed E-state index contributed by atoms with van der Waals surface area (Å²) in [6.07, 6.45) is 0. The molecule has 0 aliphatic carbocycles. The average Bonchev–Trinajstić information content (AvgIpc) is 3.76. The van der Waals surface area contributed by atoms with Crippen LogP contribution in [0.15, 0.2) is 279 Å². The van der Waals surface area contributed by atoms with E-state index in [2.05, 4.69) is 289 Å². The number of nitrogens with zero attached hydrogens (tertiary/aromatic N) is 2. The third-order valence-electron chi connectivity index (χ3n) is 13.2. The van der Waals surface area contributed by atoms with Gasteiger partial charge in [0.1, 0.15) is 0 Å². The first-order valence-electron chi connectivity index (χ1n) is 23.3. The second-order valence-corrected chi connectivity index (χ2v) is 17.3. The van der Waals surface area contributed by atoms with Crippen LogP contribution in [-0.4, -0.2) is 4.57 Å². The number of hydrogen-bond acceptors (Lipinski definition) is 1. The van der Waals surface area contributed by atoms with E-state index in [1.54, 1.807) is 0 Å². The molecule has 0 aliphatic rings. The van der Waals surface area contributed by atoms with E-state index in [1.807, 2.05) is 0 Å². The molecule has 0 saturated heterocycles. The third kappa shape index (κ3) is 7.74. The van der Waals surface area contributed by atoms with Crippen molar-refractivity contribution in [3.63, 3.8) is 0 Å². The number of rotatable bonds is 10. The Hall–Kier alpha value is -8.98. The molecule has 12 aromatic rings. The number of anilines is 3. The molecule has 0 N–H and O–H groups in total. The predicted molar refractivity (Wildman–Crippen MR) is 288 cm³/mol. The SMILES string of the molecule is c1ccc(-c2ccc(-c3ccc(N(c4ccc(-c5ccc(-c6ccccc6)cc5)cc4)c4ccc(-c5ccc6c(c5)c5ccccc5n6-c5ccccc5)c(-c5ccccc5)c4)cc3)cc2)cc1. The summed E-state index contributed by atoms with van der Waals surface area (Å²) in [7, 11) is 0. The van der Waals surface area contributed by atoms with Crippen molar-refractivity contribution < 1.29 is 0 Å². The first-order valence-corrected chi connectivity index (χ1v) is 23.3. The second kappa shape index (κ2) is 17.8. The Kier molecular flexibility index (Phi) is 10.6. The minimum absolute atomic E-state index is 1.08. The van der Waals surface area contributed by atoms with Crippen LogP contribution in [0.25, 0.3) is 94.3 Å². The van der Waals surface area contributed by atoms with Crippen LogP contribution in [0, 0.1) is 0 Å². The zero-order valence-corrected chi connectivity index (χ0v) is 37.5. The molecule has 2 heteroatoms. The van der Waals surface area contributed by atoms with E-state index in [1.165, 1.54) is 88.6 Å². The zero-order valence-electron chi connectivity index (χ0n) is 37.5. The molecule has 1 heterocycles. The molecule has 68 heavy (non-hydrogen) atoms. The van der Waals surface area contributed by atoms with E-state index >= 15 is 0 Å². The number of aromatic nitrogens is 1. The van der Waals surface area contributed by atoms with E-state index < -0.39 is 0 Å². The minimum atomic E-state index is 1.08. The number of hydrogen-bond donors (Lipinski definition) is 0. The van der Waals surface area contributed by atoms with E-state index in [-0.39, 0.29) is 0 Å². The minimum Gasteiger partial charge on any atom is -0.310 e. The summed E-state index contributed by atoms with van der Waals surface area (Å²) in [5.41, 5.74) is 21.1. The molecule has 0 radical (unpaired) electrons. The van der Waals surface area contributed by atoms with Crippen LogP contribution >= 0.6 is 0 Å². The smallest absolute Gasteiger partial charge is 0.0541 e. The molecule has 12 rings (SSSR count). The molecule has 0 bridgehead atoms. The summed E-state index contributed by atoms with van der Waals surface area (Å²) in [4.78, 5) is 2.39. The van der Waals surface area contributed by atoms with Gasteiger partial charge in [-0.15, -0.1) is 0 Å². The lowest BCUT2D eigenvalue weighted by atomic mass is 9.92. The summed E-state index contributed by atoms with van der Waals surface area (Å²) in [6.45, 7) is 0. The van der Waals surface area contributed by atoms with Gasteiger partial charge in [0.05, 0.1) is 11.0 Å². The van der Waals surface area contributed by atoms with Gasteiger partial charge >= 0.3 is 0 Å². The van der Waals surface area contributed by atoms with E-state index in [9.17, 15) is 0 Å². The van der Waals surface area contributed by atoms with Gasteiger partial charge in [0.2, 0.25) is 0 Å². The Bertz CT molecular complexity index is 3530. The van der Waals surface area contributed by atoms with E-state index in [4.69, 9.17) is 0 Å². The molecule has 2 nitrogen and oxygen atoms in total. The molecule has 11 aromatic carbocycles. The van der Waals surface area contributed by atoms with E-state index in [0.29, 0.717) is 0 Å². The van der Waals surface area contributed by atoms with Crippen LogP contribution in [0.4, 0.5) is 17.1 Å². The molecular weight excluding hydrogens is 821 g/mol. The summed E-state index contributed by atoms with van der Waals surface area (Å²) < 4.78 is 2.38. The molecule has 320 valence electrons. The fourth-order valence-electron chi connectivity index (χ4n) is 9.80. The van der Waals surface area contributed by atoms with Gasteiger partial charge in [0, 0.05) is 33.5 Å². The molecule has 0 aliphatic heterocycles. The lowest BCUT2D eigenvalue weighted by Crippen LogP contribution is -2.10. The fraction of sp³-hybridized carbons (Fsp3) is 0. The molecule has 0 saturated carbocycles. The Morgan fingerprint density at radius 1 is 0.221 bits per heavy atom. The first-order chi connectivity index (χ1) is 33.7. The van der Waals surface area contributed by atoms with Gasteiger partial charge in [0.25, 0.3) is 0 Å². The van der Waals surface area contributed by atoms with Gasteiger partial charge in [0.15, 0.2) is 0 Å². The highest BCUT2D eigenvalue weighted by atomic mass is 15.1. The van der Waals surface area contributed by atoms with Crippen molar-refractivity contribution in [2.45, 2.75) is 0 Å². The largest absolute Gasteiger partial charge is 0.310 e. The molecule has 0 spiro atoms. The maximum absolute atomic E-state index is 2.39. The molecule has 0 atom stereocenters. The van der Waals surface area contributed by atoms with Gasteiger partial charge in [-0.05, 0) is 133 Å². The molecule has 1 aromatic heterocycles. The highest BCUT2D eigenvalue weighted by Crippen LogP contribution is 2.43. The van der Waals surface area contributed by atoms with E-state index in [0.717, 1.165) is 22.7 Å². The quantitative estimate of drug-likeness (QED) is 0.133. The highest BCUT2D eigenvalue weighted by molar-refractivity contribution is 6.11. The summed E-state index contributed by atoms with van der Waals surface area (Å²) >= 11 is 0. The first kappa shape index (κ1) is 40.5. The highest BCUT2D eigenvalue weighted by Gasteiger charge is 2.19. The standard InChI is InChI=1S/C66H46N2/c1-5-15-47(16-6-1)49-25-29-51(30-26-49)53-33-38-58(39-34-53)67(59-40-35-54(36-41-59)52-31-27-50(28-32-52)48-17-7-2-8-18-48)60-42-43-61(63(46-60)55-19-9-3-10-20-55)56-37-44-66-64(45-56)62-23-13-14-24-65(62)68(66)57-21-11-4-12-22-57/h1-46H. The Morgan fingerprint density at radius 2 is 0.588 bits per heavy atom. The molecule has 0 fully saturated rings. The summed E-state index contributed by atoms with van der Waals surface area (Å²) in [5.74, 6) is 0. The van der Waals surface area contributed by atoms with Crippen LogP contribution < -0.4 is 4.90 Å². The molecule has 0 amide bonds. The van der Waals surface area contributed by atoms with Crippen molar-refractivity contribution in [1.29, 1.82) is 0 Å². The van der Waals surface area contributed by atoms with Gasteiger partial charge in [-0.25, -0.2) is 0 Å². The Labute approximate surface area is 397 Å². The fourth-order valence-corrected chi connectivity index (χ4v) is 9.80. The lowest BCUT2D eigenvalue weighted by molar-refractivity contribution is 1.18. The van der Waals surface area contributed by atoms with Gasteiger partial charge in [-0.1, -0.05) is 212 Å². The number of benzene rings is 11. The van der Waals surface area contributed by atoms with Crippen LogP contribution in [0.2, 0.25) is 0 Å². The Balaban J connectivity index is 0.959. The van der Waals surface area contributed by atoms with Crippen molar-refractivity contribution in [3.05, 3.63) is 279 Å². The van der Waals surface area contributed by atoms with Crippen molar-refractivity contribution in [2.24, 2.45) is 0 Å². The molecule has 0 unspecified atom stereocenters. The topological polar surface area (TPSA) is 8.17 Å². The monoisotopic (exact) mass is 866 g/mol. The molecular formula is C66H46N2. The third-order valence-corrected chi connectivity index (χ3v) is 13.2. The maximum atomic E-state index is 2.39. The van der Waals surface area contributed by atoms with Crippen LogP contribution in [0.5, 0.6) is 0 Å². The van der Waals surface area contributed by atoms with Crippen molar-refractivity contribution in [2.75, 3.05) is 4.90 Å². The van der Waals surface area contributed by atoms with Crippen LogP contribution in [-0.2, 0) is 0 Å². The summed E-state index contributed by atoms with van der Waals surface area (Å²) in [6, 6.07) is 101. The maximum Gasteiger partial charge on any atom is 0.0541 e. The second-order valence-electron chi connectivity index (χ2n) is 17.3.